The maximum absolute atomic E-state index is 12.4. The molecule has 0 saturated heterocycles. The molecule has 0 spiro atoms. The Morgan fingerprint density at radius 3 is 2.53 bits per heavy atom. The SMILES string of the molecule is CCOC(=O)c1nc(Cl)c(C(F)(F)F)nc1N. The minimum Gasteiger partial charge on any atom is -0.461 e. The van der Waals surface area contributed by atoms with Crippen LogP contribution in [0.1, 0.15) is 23.1 Å². The molecule has 0 aliphatic carbocycles. The number of hydrogen-bond donors (Lipinski definition) is 1. The Bertz CT molecular complexity index is 450. The quantitative estimate of drug-likeness (QED) is 0.830. The molecule has 0 atom stereocenters. The summed E-state index contributed by atoms with van der Waals surface area (Å²) in [5.41, 5.74) is 3.21. The lowest BCUT2D eigenvalue weighted by molar-refractivity contribution is -0.141. The molecule has 0 bridgehead atoms. The van der Waals surface area contributed by atoms with Crippen molar-refractivity contribution >= 4 is 23.4 Å². The smallest absolute Gasteiger partial charge is 0.436 e. The van der Waals surface area contributed by atoms with E-state index >= 15 is 0 Å². The number of alkyl halides is 3. The van der Waals surface area contributed by atoms with Gasteiger partial charge in [-0.3, -0.25) is 0 Å². The summed E-state index contributed by atoms with van der Waals surface area (Å²) in [7, 11) is 0. The number of halogens is 4. The van der Waals surface area contributed by atoms with Crippen LogP contribution in [0.3, 0.4) is 0 Å². The van der Waals surface area contributed by atoms with Gasteiger partial charge in [0.1, 0.15) is 0 Å². The first-order chi connectivity index (χ1) is 7.77. The second-order valence-electron chi connectivity index (χ2n) is 2.82. The lowest BCUT2D eigenvalue weighted by Crippen LogP contribution is -2.17. The molecule has 0 aliphatic rings. The highest BCUT2D eigenvalue weighted by Gasteiger charge is 2.37. The van der Waals surface area contributed by atoms with Crippen molar-refractivity contribution < 1.29 is 22.7 Å². The minimum atomic E-state index is -4.79. The van der Waals surface area contributed by atoms with Crippen molar-refractivity contribution in [2.45, 2.75) is 13.1 Å². The van der Waals surface area contributed by atoms with E-state index in [1.807, 2.05) is 0 Å². The van der Waals surface area contributed by atoms with Gasteiger partial charge in [0, 0.05) is 0 Å². The van der Waals surface area contributed by atoms with Crippen molar-refractivity contribution in [1.29, 1.82) is 0 Å². The Hall–Kier alpha value is -1.57. The Balaban J connectivity index is 3.23. The van der Waals surface area contributed by atoms with E-state index < -0.39 is 34.5 Å². The summed E-state index contributed by atoms with van der Waals surface area (Å²) < 4.78 is 41.6. The molecule has 1 heterocycles. The normalized spacial score (nSPS) is 11.4. The van der Waals surface area contributed by atoms with E-state index in [-0.39, 0.29) is 6.61 Å². The van der Waals surface area contributed by atoms with Gasteiger partial charge >= 0.3 is 12.1 Å². The van der Waals surface area contributed by atoms with Crippen molar-refractivity contribution in [2.75, 3.05) is 12.3 Å². The number of rotatable bonds is 2. The van der Waals surface area contributed by atoms with Crippen LogP contribution < -0.4 is 5.73 Å². The zero-order valence-electron chi connectivity index (χ0n) is 8.51. The van der Waals surface area contributed by atoms with Gasteiger partial charge in [-0.15, -0.1) is 0 Å². The van der Waals surface area contributed by atoms with Gasteiger partial charge in [-0.1, -0.05) is 11.6 Å². The van der Waals surface area contributed by atoms with Crippen LogP contribution in [0, 0.1) is 0 Å². The number of hydrogen-bond acceptors (Lipinski definition) is 5. The Labute approximate surface area is 98.7 Å². The van der Waals surface area contributed by atoms with Gasteiger partial charge in [0.05, 0.1) is 6.61 Å². The van der Waals surface area contributed by atoms with E-state index in [1.54, 1.807) is 0 Å². The molecular weight excluding hydrogens is 263 g/mol. The zero-order valence-corrected chi connectivity index (χ0v) is 9.26. The number of anilines is 1. The van der Waals surface area contributed by atoms with E-state index in [0.29, 0.717) is 0 Å². The summed E-state index contributed by atoms with van der Waals surface area (Å²) in [5, 5.41) is -0.949. The van der Waals surface area contributed by atoms with Gasteiger partial charge in [-0.25, -0.2) is 14.8 Å². The highest BCUT2D eigenvalue weighted by molar-refractivity contribution is 6.30. The summed E-state index contributed by atoms with van der Waals surface area (Å²) in [4.78, 5) is 17.5. The second-order valence-corrected chi connectivity index (χ2v) is 3.17. The number of ether oxygens (including phenoxy) is 1. The number of esters is 1. The summed E-state index contributed by atoms with van der Waals surface area (Å²) in [5.74, 6) is -1.66. The Morgan fingerprint density at radius 2 is 2.06 bits per heavy atom. The van der Waals surface area contributed by atoms with Gasteiger partial charge in [0.15, 0.2) is 22.4 Å². The van der Waals surface area contributed by atoms with E-state index in [1.165, 1.54) is 6.92 Å². The fourth-order valence-corrected chi connectivity index (χ4v) is 1.19. The molecule has 1 rings (SSSR count). The number of nitrogens with two attached hydrogens (primary N) is 1. The van der Waals surface area contributed by atoms with Crippen molar-refractivity contribution in [1.82, 2.24) is 9.97 Å². The predicted octanol–water partition coefficient (Wildman–Crippen LogP) is 1.91. The van der Waals surface area contributed by atoms with Crippen LogP contribution in [0.5, 0.6) is 0 Å². The third-order valence-electron chi connectivity index (χ3n) is 1.62. The molecule has 0 fully saturated rings. The topological polar surface area (TPSA) is 78.1 Å². The molecule has 1 aromatic rings. The fourth-order valence-electron chi connectivity index (χ4n) is 0.958. The van der Waals surface area contributed by atoms with Crippen molar-refractivity contribution in [3.63, 3.8) is 0 Å². The minimum absolute atomic E-state index is 0.0264. The van der Waals surface area contributed by atoms with Gasteiger partial charge in [0.25, 0.3) is 0 Å². The van der Waals surface area contributed by atoms with Gasteiger partial charge in [-0.05, 0) is 6.92 Å². The lowest BCUT2D eigenvalue weighted by Gasteiger charge is -2.10. The van der Waals surface area contributed by atoms with E-state index in [4.69, 9.17) is 17.3 Å². The Kier molecular flexibility index (Phi) is 3.76. The number of aromatic nitrogens is 2. The monoisotopic (exact) mass is 269 g/mol. The molecule has 94 valence electrons. The lowest BCUT2D eigenvalue weighted by atomic mass is 10.3. The second kappa shape index (κ2) is 4.74. The third kappa shape index (κ3) is 2.96. The average Bonchev–Trinajstić information content (AvgIpc) is 2.19. The van der Waals surface area contributed by atoms with E-state index in [0.717, 1.165) is 0 Å². The molecular formula is C8H7ClF3N3O2. The van der Waals surface area contributed by atoms with E-state index in [2.05, 4.69) is 14.7 Å². The summed E-state index contributed by atoms with van der Waals surface area (Å²) in [6.45, 7) is 1.55. The maximum Gasteiger partial charge on any atom is 0.436 e. The summed E-state index contributed by atoms with van der Waals surface area (Å²) in [6.07, 6.45) is -4.79. The van der Waals surface area contributed by atoms with Gasteiger partial charge in [0.2, 0.25) is 0 Å². The van der Waals surface area contributed by atoms with Crippen LogP contribution in [-0.2, 0) is 10.9 Å². The maximum atomic E-state index is 12.4. The van der Waals surface area contributed by atoms with Gasteiger partial charge < -0.3 is 10.5 Å². The van der Waals surface area contributed by atoms with Crippen LogP contribution >= 0.6 is 11.6 Å². The highest BCUT2D eigenvalue weighted by atomic mass is 35.5. The fraction of sp³-hybridized carbons (Fsp3) is 0.375. The van der Waals surface area contributed by atoms with Crippen molar-refractivity contribution in [2.24, 2.45) is 0 Å². The largest absolute Gasteiger partial charge is 0.461 e. The molecule has 5 nitrogen and oxygen atoms in total. The molecule has 0 aromatic carbocycles. The van der Waals surface area contributed by atoms with Crippen LogP contribution in [-0.4, -0.2) is 22.5 Å². The van der Waals surface area contributed by atoms with Crippen molar-refractivity contribution in [3.05, 3.63) is 16.5 Å². The first-order valence-corrected chi connectivity index (χ1v) is 4.72. The first kappa shape index (κ1) is 13.5. The third-order valence-corrected chi connectivity index (χ3v) is 1.88. The number of carbonyl (C=O) groups is 1. The van der Waals surface area contributed by atoms with E-state index in [9.17, 15) is 18.0 Å². The number of nitrogen functional groups attached to an aromatic ring is 1. The standard InChI is InChI=1S/C8H7ClF3N3O2/c1-2-17-7(16)3-6(13)15-4(5(9)14-3)8(10,11)12/h2H2,1H3,(H2,13,15). The Morgan fingerprint density at radius 1 is 1.47 bits per heavy atom. The predicted molar refractivity (Wildman–Crippen MR) is 52.4 cm³/mol. The molecule has 9 heteroatoms. The molecule has 2 N–H and O–H groups in total. The highest BCUT2D eigenvalue weighted by Crippen LogP contribution is 2.33. The molecule has 17 heavy (non-hydrogen) atoms. The molecule has 0 unspecified atom stereocenters. The molecule has 0 amide bonds. The summed E-state index contributed by atoms with van der Waals surface area (Å²) >= 11 is 5.27. The number of nitrogens with zero attached hydrogens (tertiary/aromatic N) is 2. The van der Waals surface area contributed by atoms with Crippen LogP contribution in [0.2, 0.25) is 5.15 Å². The molecule has 0 aliphatic heterocycles. The number of carbonyl (C=O) groups excluding carboxylic acids is 1. The zero-order chi connectivity index (χ0) is 13.2. The van der Waals surface area contributed by atoms with Crippen molar-refractivity contribution in [3.8, 4) is 0 Å². The van der Waals surface area contributed by atoms with Crippen LogP contribution in [0.15, 0.2) is 0 Å². The van der Waals surface area contributed by atoms with Crippen LogP contribution in [0.4, 0.5) is 19.0 Å². The summed E-state index contributed by atoms with van der Waals surface area (Å²) in [6, 6.07) is 0. The molecule has 0 radical (unpaired) electrons. The van der Waals surface area contributed by atoms with Gasteiger partial charge in [-0.2, -0.15) is 13.2 Å². The molecule has 1 aromatic heterocycles. The van der Waals surface area contributed by atoms with Crippen LogP contribution in [0.25, 0.3) is 0 Å². The molecule has 0 saturated carbocycles. The average molecular weight is 270 g/mol. The first-order valence-electron chi connectivity index (χ1n) is 4.34.